The highest BCUT2D eigenvalue weighted by atomic mass is 32.2. The molecule has 0 atom stereocenters. The van der Waals surface area contributed by atoms with Crippen LogP contribution in [-0.2, 0) is 11.3 Å². The zero-order chi connectivity index (χ0) is 14.1. The van der Waals surface area contributed by atoms with Gasteiger partial charge in [0.25, 0.3) is 0 Å². The Morgan fingerprint density at radius 1 is 1.32 bits per heavy atom. The summed E-state index contributed by atoms with van der Waals surface area (Å²) >= 11 is 1.16. The first-order valence-corrected chi connectivity index (χ1v) is 7.69. The molecular weight excluding hydrogens is 264 g/mol. The molecule has 0 bridgehead atoms. The van der Waals surface area contributed by atoms with Crippen molar-refractivity contribution < 1.29 is 9.90 Å². The number of carboxylic acid groups (broad SMARTS) is 1. The molecule has 0 aliphatic rings. The molecule has 0 aliphatic heterocycles. The fourth-order valence-corrected chi connectivity index (χ4v) is 2.36. The molecule has 1 heterocycles. The molecule has 0 spiro atoms. The van der Waals surface area contributed by atoms with Crippen LogP contribution in [0.2, 0.25) is 0 Å². The van der Waals surface area contributed by atoms with E-state index in [4.69, 9.17) is 5.11 Å². The number of aryl methyl sites for hydroxylation is 1. The minimum absolute atomic E-state index is 0.00520. The summed E-state index contributed by atoms with van der Waals surface area (Å²) in [6, 6.07) is 0. The lowest BCUT2D eigenvalue weighted by molar-refractivity contribution is -0.133. The smallest absolute Gasteiger partial charge is 0.313 e. The highest BCUT2D eigenvalue weighted by Crippen LogP contribution is 2.14. The quantitative estimate of drug-likeness (QED) is 0.525. The van der Waals surface area contributed by atoms with E-state index in [0.717, 1.165) is 37.1 Å². The van der Waals surface area contributed by atoms with Gasteiger partial charge in [-0.25, -0.2) is 4.68 Å². The Balaban J connectivity index is 2.18. The van der Waals surface area contributed by atoms with Gasteiger partial charge in [0, 0.05) is 6.54 Å². The summed E-state index contributed by atoms with van der Waals surface area (Å²) in [5.74, 6) is -0.0823. The molecule has 6 nitrogen and oxygen atoms in total. The Morgan fingerprint density at radius 3 is 2.74 bits per heavy atom. The number of aliphatic carboxylic acids is 1. The second kappa shape index (κ2) is 8.90. The predicted molar refractivity (Wildman–Crippen MR) is 74.1 cm³/mol. The van der Waals surface area contributed by atoms with Gasteiger partial charge in [0.15, 0.2) is 0 Å². The molecule has 0 fully saturated rings. The number of carbonyl (C=O) groups is 1. The lowest BCUT2D eigenvalue weighted by Crippen LogP contribution is -2.05. The lowest BCUT2D eigenvalue weighted by atomic mass is 10.0. The summed E-state index contributed by atoms with van der Waals surface area (Å²) < 4.78 is 1.69. The number of aromatic nitrogens is 4. The molecule has 1 N–H and O–H groups in total. The Kier molecular flexibility index (Phi) is 7.47. The number of hydrogen-bond acceptors (Lipinski definition) is 5. The van der Waals surface area contributed by atoms with E-state index in [9.17, 15) is 4.79 Å². The number of thioether (sulfide) groups is 1. The molecule has 0 amide bonds. The van der Waals surface area contributed by atoms with Gasteiger partial charge in [0.05, 0.1) is 5.75 Å². The summed E-state index contributed by atoms with van der Waals surface area (Å²) in [5.41, 5.74) is 0. The van der Waals surface area contributed by atoms with Crippen molar-refractivity contribution in [3.8, 4) is 0 Å². The maximum atomic E-state index is 10.5. The molecule has 0 radical (unpaired) electrons. The number of carboxylic acids is 1. The van der Waals surface area contributed by atoms with Crippen LogP contribution >= 0.6 is 11.8 Å². The third-order valence-electron chi connectivity index (χ3n) is 2.73. The van der Waals surface area contributed by atoms with E-state index in [0.29, 0.717) is 5.16 Å². The summed E-state index contributed by atoms with van der Waals surface area (Å²) in [5, 5.41) is 20.5. The van der Waals surface area contributed by atoms with Crippen molar-refractivity contribution in [2.75, 3.05) is 5.75 Å². The highest BCUT2D eigenvalue weighted by Gasteiger charge is 2.08. The van der Waals surface area contributed by atoms with Gasteiger partial charge in [0.1, 0.15) is 0 Å². The van der Waals surface area contributed by atoms with Crippen molar-refractivity contribution in [3.05, 3.63) is 0 Å². The molecule has 1 aromatic heterocycles. The fraction of sp³-hybridized carbons (Fsp3) is 0.833. The minimum atomic E-state index is -0.853. The highest BCUT2D eigenvalue weighted by molar-refractivity contribution is 7.99. The van der Waals surface area contributed by atoms with Crippen molar-refractivity contribution in [1.82, 2.24) is 20.2 Å². The van der Waals surface area contributed by atoms with Crippen molar-refractivity contribution in [1.29, 1.82) is 0 Å². The van der Waals surface area contributed by atoms with Crippen LogP contribution < -0.4 is 0 Å². The van der Waals surface area contributed by atoms with E-state index in [2.05, 4.69) is 29.4 Å². The minimum Gasteiger partial charge on any atom is -0.481 e. The van der Waals surface area contributed by atoms with Crippen molar-refractivity contribution >= 4 is 17.7 Å². The second-order valence-corrected chi connectivity index (χ2v) is 5.91. The summed E-state index contributed by atoms with van der Waals surface area (Å²) in [7, 11) is 0. The fourth-order valence-electron chi connectivity index (χ4n) is 1.73. The monoisotopic (exact) mass is 286 g/mol. The molecule has 19 heavy (non-hydrogen) atoms. The second-order valence-electron chi connectivity index (χ2n) is 4.96. The van der Waals surface area contributed by atoms with E-state index in [-0.39, 0.29) is 5.75 Å². The summed E-state index contributed by atoms with van der Waals surface area (Å²) in [4.78, 5) is 10.5. The van der Waals surface area contributed by atoms with Gasteiger partial charge < -0.3 is 5.11 Å². The van der Waals surface area contributed by atoms with Crippen LogP contribution in [0.15, 0.2) is 5.16 Å². The Bertz CT molecular complexity index is 382. The van der Waals surface area contributed by atoms with E-state index in [1.54, 1.807) is 4.68 Å². The Morgan fingerprint density at radius 2 is 2.05 bits per heavy atom. The number of nitrogens with zero attached hydrogens (tertiary/aromatic N) is 4. The van der Waals surface area contributed by atoms with Gasteiger partial charge >= 0.3 is 5.97 Å². The number of hydrogen-bond donors (Lipinski definition) is 1. The molecule has 1 aromatic rings. The standard InChI is InChI=1S/C12H22N4O2S/c1-10(2)7-5-3-4-6-8-16-12(13-14-15-16)19-9-11(17)18/h10H,3-9H2,1-2H3,(H,17,18). The summed E-state index contributed by atoms with van der Waals surface area (Å²) in [6.45, 7) is 5.25. The van der Waals surface area contributed by atoms with Crippen LogP contribution in [0.1, 0.15) is 46.0 Å². The van der Waals surface area contributed by atoms with Gasteiger partial charge in [0.2, 0.25) is 5.16 Å². The molecule has 108 valence electrons. The molecular formula is C12H22N4O2S. The third-order valence-corrected chi connectivity index (χ3v) is 3.67. The van der Waals surface area contributed by atoms with Gasteiger partial charge in [-0.15, -0.1) is 5.10 Å². The van der Waals surface area contributed by atoms with E-state index in [1.165, 1.54) is 19.3 Å². The van der Waals surface area contributed by atoms with Gasteiger partial charge in [-0.1, -0.05) is 51.3 Å². The van der Waals surface area contributed by atoms with Crippen molar-refractivity contribution in [2.24, 2.45) is 5.92 Å². The average Bonchev–Trinajstić information content (AvgIpc) is 2.78. The molecule has 0 saturated carbocycles. The van der Waals surface area contributed by atoms with Crippen molar-refractivity contribution in [2.45, 2.75) is 57.7 Å². The van der Waals surface area contributed by atoms with Crippen LogP contribution in [0.25, 0.3) is 0 Å². The molecule has 1 rings (SSSR count). The van der Waals surface area contributed by atoms with E-state index in [1.807, 2.05) is 0 Å². The lowest BCUT2D eigenvalue weighted by Gasteiger charge is -2.05. The first-order valence-electron chi connectivity index (χ1n) is 6.70. The third kappa shape index (κ3) is 7.15. The first-order chi connectivity index (χ1) is 9.09. The average molecular weight is 286 g/mol. The predicted octanol–water partition coefficient (Wildman–Crippen LogP) is 2.46. The van der Waals surface area contributed by atoms with E-state index >= 15 is 0 Å². The number of rotatable bonds is 10. The SMILES string of the molecule is CC(C)CCCCCCn1nnnc1SCC(=O)O. The number of tetrazole rings is 1. The van der Waals surface area contributed by atoms with Gasteiger partial charge in [-0.3, -0.25) is 4.79 Å². The Hall–Kier alpha value is -1.11. The zero-order valence-electron chi connectivity index (χ0n) is 11.6. The van der Waals surface area contributed by atoms with Crippen LogP contribution in [0.5, 0.6) is 0 Å². The molecule has 0 saturated heterocycles. The summed E-state index contributed by atoms with van der Waals surface area (Å²) in [6.07, 6.45) is 5.98. The normalized spacial score (nSPS) is 11.1. The molecule has 0 aromatic carbocycles. The van der Waals surface area contributed by atoms with Crippen LogP contribution in [0.4, 0.5) is 0 Å². The van der Waals surface area contributed by atoms with E-state index < -0.39 is 5.97 Å². The maximum Gasteiger partial charge on any atom is 0.313 e. The topological polar surface area (TPSA) is 80.9 Å². The zero-order valence-corrected chi connectivity index (χ0v) is 12.4. The number of unbranched alkanes of at least 4 members (excludes halogenated alkanes) is 3. The molecule has 0 aliphatic carbocycles. The molecule has 0 unspecified atom stereocenters. The van der Waals surface area contributed by atoms with Gasteiger partial charge in [-0.2, -0.15) is 0 Å². The first kappa shape index (κ1) is 15.9. The van der Waals surface area contributed by atoms with Crippen molar-refractivity contribution in [3.63, 3.8) is 0 Å². The van der Waals surface area contributed by atoms with Crippen LogP contribution in [0, 0.1) is 5.92 Å². The van der Waals surface area contributed by atoms with Gasteiger partial charge in [-0.05, 0) is 22.8 Å². The van der Waals surface area contributed by atoms with Crippen LogP contribution in [0.3, 0.4) is 0 Å². The Labute approximate surface area is 118 Å². The largest absolute Gasteiger partial charge is 0.481 e. The molecule has 7 heteroatoms. The van der Waals surface area contributed by atoms with Crippen LogP contribution in [-0.4, -0.2) is 37.0 Å². The maximum absolute atomic E-state index is 10.5.